The number of carbonyl (C=O) groups is 4. The van der Waals surface area contributed by atoms with Crippen molar-refractivity contribution in [2.75, 3.05) is 13.1 Å². The van der Waals surface area contributed by atoms with Crippen LogP contribution in [0.3, 0.4) is 0 Å². The van der Waals surface area contributed by atoms with Gasteiger partial charge in [0.1, 0.15) is 18.1 Å². The molecule has 0 aliphatic carbocycles. The number of nitrogens with two attached hydrogens (primary N) is 3. The van der Waals surface area contributed by atoms with Gasteiger partial charge in [0.05, 0.1) is 6.54 Å². The molecular formula is C28H36N8O5. The van der Waals surface area contributed by atoms with Gasteiger partial charge in [-0.1, -0.05) is 48.5 Å². The molecule has 0 saturated heterocycles. The second-order valence-electron chi connectivity index (χ2n) is 9.49. The number of H-pyrrole nitrogens is 1. The Morgan fingerprint density at radius 2 is 1.49 bits per heavy atom. The molecule has 218 valence electrons. The zero-order chi connectivity index (χ0) is 29.8. The van der Waals surface area contributed by atoms with Crippen LogP contribution in [0.5, 0.6) is 0 Å². The summed E-state index contributed by atoms with van der Waals surface area (Å²) in [6.45, 7) is -0.131. The van der Waals surface area contributed by atoms with E-state index in [0.29, 0.717) is 6.42 Å². The van der Waals surface area contributed by atoms with Crippen LogP contribution in [0, 0.1) is 0 Å². The summed E-state index contributed by atoms with van der Waals surface area (Å²) in [5.74, 6) is -3.20. The van der Waals surface area contributed by atoms with E-state index in [1.54, 1.807) is 30.5 Å². The number of hydrogen-bond acceptors (Lipinski definition) is 6. The first-order chi connectivity index (χ1) is 19.7. The van der Waals surface area contributed by atoms with Crippen LogP contribution < -0.4 is 33.2 Å². The molecule has 0 bridgehead atoms. The first-order valence-electron chi connectivity index (χ1n) is 13.1. The van der Waals surface area contributed by atoms with Gasteiger partial charge < -0.3 is 43.2 Å². The standard InChI is InChI=1S/C28H36N8O5/c29-15-24(37)34-23(14-18-16-33-20-10-5-4-9-19(18)20)26(39)36-22(13-17-7-2-1-3-8-17)25(38)35-21(27(40)41)11-6-12-32-28(30)31/h1-5,7-10,16,21-23,33H,6,11-15,29H2,(H,34,37)(H,35,38)(H,36,39)(H,40,41)(H4,30,31,32). The fourth-order valence-corrected chi connectivity index (χ4v) is 4.35. The van der Waals surface area contributed by atoms with E-state index < -0.39 is 41.8 Å². The van der Waals surface area contributed by atoms with Crippen molar-refractivity contribution in [2.24, 2.45) is 22.2 Å². The van der Waals surface area contributed by atoms with E-state index in [2.05, 4.69) is 25.9 Å². The van der Waals surface area contributed by atoms with Crippen LogP contribution in [0.25, 0.3) is 10.9 Å². The highest BCUT2D eigenvalue weighted by Crippen LogP contribution is 2.19. The number of carboxylic acids is 1. The summed E-state index contributed by atoms with van der Waals surface area (Å²) >= 11 is 0. The molecule has 11 N–H and O–H groups in total. The van der Waals surface area contributed by atoms with Gasteiger partial charge in [-0.3, -0.25) is 19.4 Å². The Bertz CT molecular complexity index is 1370. The number of guanidine groups is 1. The predicted molar refractivity (Wildman–Crippen MR) is 155 cm³/mol. The summed E-state index contributed by atoms with van der Waals surface area (Å²) in [7, 11) is 0. The lowest BCUT2D eigenvalue weighted by molar-refractivity contribution is -0.142. The van der Waals surface area contributed by atoms with Crippen molar-refractivity contribution in [1.82, 2.24) is 20.9 Å². The zero-order valence-electron chi connectivity index (χ0n) is 22.5. The number of aliphatic carboxylic acids is 1. The number of aromatic amines is 1. The van der Waals surface area contributed by atoms with Crippen molar-refractivity contribution in [3.8, 4) is 0 Å². The van der Waals surface area contributed by atoms with Crippen molar-refractivity contribution >= 4 is 40.6 Å². The summed E-state index contributed by atoms with van der Waals surface area (Å²) < 4.78 is 0. The highest BCUT2D eigenvalue weighted by Gasteiger charge is 2.30. The zero-order valence-corrected chi connectivity index (χ0v) is 22.5. The molecule has 0 fully saturated rings. The number of hydrogen-bond donors (Lipinski definition) is 8. The average molecular weight is 565 g/mol. The van der Waals surface area contributed by atoms with Crippen molar-refractivity contribution in [1.29, 1.82) is 0 Å². The lowest BCUT2D eigenvalue weighted by Gasteiger charge is -2.24. The molecule has 2 aromatic carbocycles. The van der Waals surface area contributed by atoms with Crippen molar-refractivity contribution in [3.63, 3.8) is 0 Å². The highest BCUT2D eigenvalue weighted by atomic mass is 16.4. The van der Waals surface area contributed by atoms with E-state index in [9.17, 15) is 24.3 Å². The molecule has 13 heteroatoms. The number of amides is 3. The van der Waals surface area contributed by atoms with Gasteiger partial charge in [-0.05, 0) is 30.0 Å². The van der Waals surface area contributed by atoms with Crippen molar-refractivity contribution < 1.29 is 24.3 Å². The Morgan fingerprint density at radius 1 is 0.854 bits per heavy atom. The molecule has 13 nitrogen and oxygen atoms in total. The molecule has 3 aromatic rings. The van der Waals surface area contributed by atoms with Crippen LogP contribution >= 0.6 is 0 Å². The molecular weight excluding hydrogens is 528 g/mol. The Labute approximate surface area is 236 Å². The van der Waals surface area contributed by atoms with Gasteiger partial charge in [0.2, 0.25) is 17.7 Å². The minimum Gasteiger partial charge on any atom is -0.480 e. The van der Waals surface area contributed by atoms with E-state index in [-0.39, 0.29) is 38.3 Å². The molecule has 0 aliphatic rings. The smallest absolute Gasteiger partial charge is 0.326 e. The van der Waals surface area contributed by atoms with Crippen LogP contribution in [0.15, 0.2) is 65.8 Å². The number of rotatable bonds is 15. The largest absolute Gasteiger partial charge is 0.480 e. The number of nitrogens with one attached hydrogen (secondary N) is 4. The molecule has 41 heavy (non-hydrogen) atoms. The first-order valence-corrected chi connectivity index (χ1v) is 13.1. The fourth-order valence-electron chi connectivity index (χ4n) is 4.35. The van der Waals surface area contributed by atoms with Crippen molar-refractivity contribution in [2.45, 2.75) is 43.8 Å². The predicted octanol–water partition coefficient (Wildman–Crippen LogP) is -0.496. The quantitative estimate of drug-likeness (QED) is 0.0680. The number of benzene rings is 2. The minimum atomic E-state index is -1.24. The Morgan fingerprint density at radius 3 is 2.15 bits per heavy atom. The van der Waals surface area contributed by atoms with Crippen LogP contribution in [-0.2, 0) is 32.0 Å². The monoisotopic (exact) mass is 564 g/mol. The van der Waals surface area contributed by atoms with Crippen LogP contribution in [0.2, 0.25) is 0 Å². The summed E-state index contributed by atoms with van der Waals surface area (Å²) in [6.07, 6.45) is 2.35. The third-order valence-corrected chi connectivity index (χ3v) is 6.41. The minimum absolute atomic E-state index is 0.0691. The molecule has 0 aliphatic heterocycles. The highest BCUT2D eigenvalue weighted by molar-refractivity contribution is 5.94. The maximum atomic E-state index is 13.5. The number of para-hydroxylation sites is 1. The van der Waals surface area contributed by atoms with Gasteiger partial charge in [0.25, 0.3) is 0 Å². The molecule has 3 amide bonds. The lowest BCUT2D eigenvalue weighted by atomic mass is 10.0. The summed E-state index contributed by atoms with van der Waals surface area (Å²) in [5, 5.41) is 18.4. The molecule has 0 radical (unpaired) electrons. The summed E-state index contributed by atoms with van der Waals surface area (Å²) in [4.78, 5) is 58.0. The van der Waals surface area contributed by atoms with E-state index in [0.717, 1.165) is 22.0 Å². The van der Waals surface area contributed by atoms with Gasteiger partial charge in [-0.25, -0.2) is 4.79 Å². The summed E-state index contributed by atoms with van der Waals surface area (Å²) in [5.41, 5.74) is 18.5. The maximum Gasteiger partial charge on any atom is 0.326 e. The molecule has 3 atom stereocenters. The average Bonchev–Trinajstić information content (AvgIpc) is 3.36. The van der Waals surface area contributed by atoms with E-state index >= 15 is 0 Å². The van der Waals surface area contributed by atoms with Crippen LogP contribution in [0.4, 0.5) is 0 Å². The van der Waals surface area contributed by atoms with Crippen LogP contribution in [-0.4, -0.2) is 71.0 Å². The molecule has 1 heterocycles. The van der Waals surface area contributed by atoms with Gasteiger partial charge in [-0.2, -0.15) is 0 Å². The van der Waals surface area contributed by atoms with Gasteiger partial charge >= 0.3 is 5.97 Å². The second kappa shape index (κ2) is 15.0. The molecule has 3 unspecified atom stereocenters. The van der Waals surface area contributed by atoms with E-state index in [4.69, 9.17) is 17.2 Å². The first kappa shape index (κ1) is 30.6. The number of carboxylic acid groups (broad SMARTS) is 1. The lowest BCUT2D eigenvalue weighted by Crippen LogP contribution is -2.57. The number of aliphatic imine (C=N–C) groups is 1. The normalized spacial score (nSPS) is 13.0. The van der Waals surface area contributed by atoms with Crippen molar-refractivity contribution in [3.05, 3.63) is 71.9 Å². The second-order valence-corrected chi connectivity index (χ2v) is 9.49. The molecule has 0 saturated carbocycles. The molecule has 1 aromatic heterocycles. The van der Waals surface area contributed by atoms with E-state index in [1.807, 2.05) is 30.3 Å². The Hall–Kier alpha value is -4.91. The number of nitrogens with zero attached hydrogens (tertiary/aromatic N) is 1. The molecule has 0 spiro atoms. The molecule has 3 rings (SSSR count). The fraction of sp³-hybridized carbons (Fsp3) is 0.321. The third-order valence-electron chi connectivity index (χ3n) is 6.41. The van der Waals surface area contributed by atoms with Crippen LogP contribution in [0.1, 0.15) is 24.0 Å². The summed E-state index contributed by atoms with van der Waals surface area (Å²) in [6, 6.07) is 13.1. The number of aromatic nitrogens is 1. The Kier molecular flexibility index (Phi) is 11.2. The van der Waals surface area contributed by atoms with E-state index in [1.165, 1.54) is 0 Å². The number of carbonyl (C=O) groups excluding carboxylic acids is 3. The van der Waals surface area contributed by atoms with Gasteiger partial charge in [-0.15, -0.1) is 0 Å². The topological polar surface area (TPSA) is 231 Å². The maximum absolute atomic E-state index is 13.5. The Balaban J connectivity index is 1.81. The van der Waals surface area contributed by atoms with Gasteiger partial charge in [0.15, 0.2) is 5.96 Å². The SMILES string of the molecule is NCC(=O)NC(Cc1c[nH]c2ccccc12)C(=O)NC(Cc1ccccc1)C(=O)NC(CCCN=C(N)N)C(=O)O. The van der Waals surface area contributed by atoms with Gasteiger partial charge in [0, 0.05) is 36.5 Å². The number of fused-ring (bicyclic) bond motifs is 1. The third kappa shape index (κ3) is 9.35.